The van der Waals surface area contributed by atoms with Gasteiger partial charge in [0.2, 0.25) is 5.91 Å². The molecule has 2 aromatic heterocycles. The Hall–Kier alpha value is -3.06. The van der Waals surface area contributed by atoms with Crippen LogP contribution in [0, 0.1) is 5.21 Å². The summed E-state index contributed by atoms with van der Waals surface area (Å²) in [5.41, 5.74) is 2.02. The first-order valence-corrected chi connectivity index (χ1v) is 11.5. The highest BCUT2D eigenvalue weighted by Crippen LogP contribution is 2.35. The van der Waals surface area contributed by atoms with Gasteiger partial charge in [0.1, 0.15) is 5.75 Å². The normalized spacial score (nSPS) is 18.3. The number of rotatable bonds is 5. The highest BCUT2D eigenvalue weighted by molar-refractivity contribution is 7.14. The summed E-state index contributed by atoms with van der Waals surface area (Å²) >= 11 is 7.00. The van der Waals surface area contributed by atoms with Crippen molar-refractivity contribution in [3.63, 3.8) is 0 Å². The molecule has 4 rings (SSSR count). The van der Waals surface area contributed by atoms with Gasteiger partial charge in [-0.05, 0) is 43.2 Å². The molecule has 0 spiro atoms. The number of nitrogens with zero attached hydrogens (tertiary/aromatic N) is 3. The van der Waals surface area contributed by atoms with Crippen LogP contribution in [0.25, 0.3) is 11.3 Å². The summed E-state index contributed by atoms with van der Waals surface area (Å²) in [6, 6.07) is 2.27. The number of anilines is 1. The van der Waals surface area contributed by atoms with Crippen LogP contribution < -0.4 is 10.1 Å². The Labute approximate surface area is 206 Å². The standard InChI is InChI=1S/C22H17ClF3N4O4S/c1-10-14-8-27-7-13(19(14)20(32)11(2)30(10)33)6-18(31)29-21-28-16(9-35-21)12-3-4-17(15(23)5-12)34-22(24,25)26/h3-5,7-11H,6H2,1-2H3,(H,28,29,31)/q-1. The van der Waals surface area contributed by atoms with Crippen LogP contribution in [-0.4, -0.2) is 39.1 Å². The predicted octanol–water partition coefficient (Wildman–Crippen LogP) is 5.38. The Morgan fingerprint density at radius 3 is 2.71 bits per heavy atom. The van der Waals surface area contributed by atoms with E-state index < -0.39 is 30.1 Å². The number of amides is 1. The van der Waals surface area contributed by atoms with Gasteiger partial charge in [0.05, 0.1) is 23.2 Å². The van der Waals surface area contributed by atoms with Crippen LogP contribution in [0.5, 0.6) is 5.75 Å². The summed E-state index contributed by atoms with van der Waals surface area (Å²) in [5.74, 6) is -1.36. The van der Waals surface area contributed by atoms with Crippen molar-refractivity contribution in [1.29, 1.82) is 0 Å². The number of hydrogen-bond donors (Lipinski definition) is 1. The van der Waals surface area contributed by atoms with Gasteiger partial charge in [0, 0.05) is 34.9 Å². The molecule has 0 radical (unpaired) electrons. The van der Waals surface area contributed by atoms with Crippen LogP contribution in [0.1, 0.15) is 41.4 Å². The third-order valence-corrected chi connectivity index (χ3v) is 6.50. The number of aromatic nitrogens is 2. The summed E-state index contributed by atoms with van der Waals surface area (Å²) in [6.07, 6.45) is -2.15. The quantitative estimate of drug-likeness (QED) is 0.476. The Morgan fingerprint density at radius 2 is 2.03 bits per heavy atom. The fourth-order valence-electron chi connectivity index (χ4n) is 3.74. The second kappa shape index (κ2) is 9.53. The van der Waals surface area contributed by atoms with Crippen molar-refractivity contribution in [3.8, 4) is 17.0 Å². The lowest BCUT2D eigenvalue weighted by Crippen LogP contribution is -2.42. The van der Waals surface area contributed by atoms with E-state index in [0.717, 1.165) is 17.4 Å². The SMILES string of the molecule is CC1C(=O)c2c(CC(=O)Nc3nc(-c4ccc(OC(F)(F)F)c(Cl)c4)cs3)cncc2C(C)N1[O-]. The van der Waals surface area contributed by atoms with Gasteiger partial charge in [-0.3, -0.25) is 14.6 Å². The number of Topliss-reactive ketones (excluding diaryl/α,β-unsaturated/α-hetero) is 1. The molecule has 35 heavy (non-hydrogen) atoms. The second-order valence-corrected chi connectivity index (χ2v) is 9.06. The smallest absolute Gasteiger partial charge is 0.573 e. The average molecular weight is 526 g/mol. The minimum absolute atomic E-state index is 0.162. The Balaban J connectivity index is 1.49. The average Bonchev–Trinajstić information content (AvgIpc) is 3.24. The number of benzene rings is 1. The number of nitrogens with one attached hydrogen (secondary N) is 1. The van der Waals surface area contributed by atoms with Crippen molar-refractivity contribution in [3.05, 3.63) is 62.9 Å². The number of thiazole rings is 1. The van der Waals surface area contributed by atoms with Crippen LogP contribution in [0.4, 0.5) is 18.3 Å². The topological polar surface area (TPSA) is 107 Å². The summed E-state index contributed by atoms with van der Waals surface area (Å²) in [5, 5.41) is 17.2. The summed E-state index contributed by atoms with van der Waals surface area (Å²) < 4.78 is 41.1. The van der Waals surface area contributed by atoms with E-state index in [4.69, 9.17) is 11.6 Å². The van der Waals surface area contributed by atoms with Crippen LogP contribution in [0.15, 0.2) is 36.0 Å². The van der Waals surface area contributed by atoms with Gasteiger partial charge < -0.3 is 20.3 Å². The molecule has 0 aliphatic carbocycles. The number of carbonyl (C=O) groups excluding carboxylic acids is 2. The van der Waals surface area contributed by atoms with Crippen LogP contribution in [-0.2, 0) is 11.2 Å². The van der Waals surface area contributed by atoms with E-state index in [0.29, 0.717) is 33.0 Å². The molecule has 0 bridgehead atoms. The van der Waals surface area contributed by atoms with Gasteiger partial charge in [0.25, 0.3) is 0 Å². The largest absolute Gasteiger partial charge is 0.784 e. The fourth-order valence-corrected chi connectivity index (χ4v) is 4.69. The minimum atomic E-state index is -4.87. The molecule has 0 saturated heterocycles. The maximum Gasteiger partial charge on any atom is 0.573 e. The van der Waals surface area contributed by atoms with E-state index in [1.807, 2.05) is 0 Å². The number of carbonyl (C=O) groups is 2. The molecule has 0 saturated carbocycles. The molecule has 13 heteroatoms. The Kier molecular flexibility index (Phi) is 6.82. The first-order valence-electron chi connectivity index (χ1n) is 10.2. The minimum Gasteiger partial charge on any atom is -0.784 e. The van der Waals surface area contributed by atoms with Gasteiger partial charge in [-0.15, -0.1) is 24.5 Å². The molecule has 0 fully saturated rings. The molecule has 1 aliphatic rings. The summed E-state index contributed by atoms with van der Waals surface area (Å²) in [4.78, 5) is 33.8. The molecule has 1 aliphatic heterocycles. The molecule has 3 heterocycles. The van der Waals surface area contributed by atoms with Gasteiger partial charge in [0.15, 0.2) is 10.9 Å². The second-order valence-electron chi connectivity index (χ2n) is 7.79. The lowest BCUT2D eigenvalue weighted by Gasteiger charge is -2.44. The van der Waals surface area contributed by atoms with Crippen molar-refractivity contribution < 1.29 is 27.5 Å². The third kappa shape index (κ3) is 5.30. The molecule has 184 valence electrons. The highest BCUT2D eigenvalue weighted by atomic mass is 35.5. The van der Waals surface area contributed by atoms with E-state index in [2.05, 4.69) is 20.0 Å². The number of ether oxygens (including phenoxy) is 1. The first-order chi connectivity index (χ1) is 16.4. The lowest BCUT2D eigenvalue weighted by atomic mass is 9.87. The summed E-state index contributed by atoms with van der Waals surface area (Å²) in [6.45, 7) is 3.19. The highest BCUT2D eigenvalue weighted by Gasteiger charge is 2.33. The number of halogens is 4. The van der Waals surface area contributed by atoms with Crippen LogP contribution >= 0.6 is 22.9 Å². The number of hydroxylamine groups is 2. The van der Waals surface area contributed by atoms with Gasteiger partial charge >= 0.3 is 6.36 Å². The van der Waals surface area contributed by atoms with E-state index in [1.54, 1.807) is 12.3 Å². The number of ketones is 1. The Morgan fingerprint density at radius 1 is 1.29 bits per heavy atom. The van der Waals surface area contributed by atoms with Crippen molar-refractivity contribution in [2.45, 2.75) is 38.7 Å². The monoisotopic (exact) mass is 525 g/mol. The fraction of sp³-hybridized carbons (Fsp3) is 0.273. The molecular weight excluding hydrogens is 509 g/mol. The lowest BCUT2D eigenvalue weighted by molar-refractivity contribution is -0.274. The van der Waals surface area contributed by atoms with Crippen molar-refractivity contribution >= 4 is 39.8 Å². The molecule has 1 aromatic carbocycles. The van der Waals surface area contributed by atoms with E-state index in [-0.39, 0.29) is 22.4 Å². The number of alkyl halides is 3. The number of hydrogen-bond acceptors (Lipinski definition) is 8. The van der Waals surface area contributed by atoms with Gasteiger partial charge in [-0.1, -0.05) is 11.6 Å². The molecule has 3 aromatic rings. The van der Waals surface area contributed by atoms with Crippen molar-refractivity contribution in [2.24, 2.45) is 0 Å². The van der Waals surface area contributed by atoms with E-state index in [1.165, 1.54) is 31.5 Å². The van der Waals surface area contributed by atoms with Gasteiger partial charge in [-0.25, -0.2) is 4.98 Å². The zero-order valence-electron chi connectivity index (χ0n) is 18.2. The maximum atomic E-state index is 12.7. The zero-order chi connectivity index (χ0) is 25.5. The van der Waals surface area contributed by atoms with E-state index >= 15 is 0 Å². The molecule has 1 N–H and O–H groups in total. The summed E-state index contributed by atoms with van der Waals surface area (Å²) in [7, 11) is 0. The van der Waals surface area contributed by atoms with Crippen molar-refractivity contribution in [2.75, 3.05) is 5.32 Å². The Bertz CT molecular complexity index is 1300. The van der Waals surface area contributed by atoms with Crippen LogP contribution in [0.2, 0.25) is 5.02 Å². The number of pyridine rings is 1. The number of fused-ring (bicyclic) bond motifs is 1. The molecule has 8 nitrogen and oxygen atoms in total. The van der Waals surface area contributed by atoms with Crippen LogP contribution in [0.3, 0.4) is 0 Å². The maximum absolute atomic E-state index is 12.7. The molecule has 2 atom stereocenters. The van der Waals surface area contributed by atoms with Crippen molar-refractivity contribution in [1.82, 2.24) is 15.0 Å². The molecule has 2 unspecified atom stereocenters. The molecule has 1 amide bonds. The first kappa shape index (κ1) is 25.0. The third-order valence-electron chi connectivity index (χ3n) is 5.45. The van der Waals surface area contributed by atoms with E-state index in [9.17, 15) is 28.0 Å². The molecular formula is C22H17ClF3N4O4S-. The predicted molar refractivity (Wildman–Crippen MR) is 123 cm³/mol. The zero-order valence-corrected chi connectivity index (χ0v) is 19.8. The van der Waals surface area contributed by atoms with Gasteiger partial charge in [-0.2, -0.15) is 0 Å².